The van der Waals surface area contributed by atoms with Crippen LogP contribution in [-0.2, 0) is 20.3 Å². The van der Waals surface area contributed by atoms with E-state index in [1.54, 1.807) is 47.0 Å². The van der Waals surface area contributed by atoms with Gasteiger partial charge < -0.3 is 23.0 Å². The standard InChI is InChI=1S/C26H24N4O5S/c1-17-21(28-26(35-17)23-5-4-10-32-23)14-33-22-9-6-18(11-24(22)31-3)13-34-25-19(12-30(2)29-25)7-8-20-15-36-16-27-20/h4-12,15-16H,13-14H2,1-3H3/b8-7+. The first-order valence-corrected chi connectivity index (χ1v) is 12.1. The third-order valence-corrected chi connectivity index (χ3v) is 5.90. The van der Waals surface area contributed by atoms with Crippen molar-refractivity contribution in [2.75, 3.05) is 7.11 Å². The molecule has 0 unspecified atom stereocenters. The molecule has 0 bridgehead atoms. The van der Waals surface area contributed by atoms with Gasteiger partial charge in [-0.2, -0.15) is 0 Å². The molecule has 0 fully saturated rings. The number of hydrogen-bond donors (Lipinski definition) is 0. The highest BCUT2D eigenvalue weighted by atomic mass is 32.1. The van der Waals surface area contributed by atoms with Gasteiger partial charge in [-0.05, 0) is 48.9 Å². The second-order valence-electron chi connectivity index (χ2n) is 7.87. The normalized spacial score (nSPS) is 11.3. The van der Waals surface area contributed by atoms with Gasteiger partial charge in [-0.15, -0.1) is 16.4 Å². The van der Waals surface area contributed by atoms with Crippen molar-refractivity contribution in [3.8, 4) is 29.0 Å². The molecule has 0 saturated carbocycles. The highest BCUT2D eigenvalue weighted by Crippen LogP contribution is 2.30. The summed E-state index contributed by atoms with van der Waals surface area (Å²) in [6.07, 6.45) is 7.36. The van der Waals surface area contributed by atoms with Gasteiger partial charge in [0.2, 0.25) is 5.88 Å². The summed E-state index contributed by atoms with van der Waals surface area (Å²) in [6, 6.07) is 9.24. The zero-order chi connectivity index (χ0) is 24.9. The Hall–Kier alpha value is -4.31. The molecule has 0 atom stereocenters. The van der Waals surface area contributed by atoms with Crippen LogP contribution >= 0.6 is 11.3 Å². The van der Waals surface area contributed by atoms with Crippen LogP contribution in [-0.4, -0.2) is 26.9 Å². The van der Waals surface area contributed by atoms with Gasteiger partial charge in [-0.25, -0.2) is 9.97 Å². The van der Waals surface area contributed by atoms with Gasteiger partial charge in [0.25, 0.3) is 5.89 Å². The molecule has 5 rings (SSSR count). The van der Waals surface area contributed by atoms with Crippen LogP contribution in [0.1, 0.15) is 28.3 Å². The molecule has 0 N–H and O–H groups in total. The van der Waals surface area contributed by atoms with Crippen LogP contribution in [0.4, 0.5) is 0 Å². The summed E-state index contributed by atoms with van der Waals surface area (Å²) in [5.41, 5.74) is 5.16. The quantitative estimate of drug-likeness (QED) is 0.236. The molecule has 1 aromatic carbocycles. The Bertz CT molecular complexity index is 1450. The molecule has 0 spiro atoms. The number of methoxy groups -OCH3 is 1. The highest BCUT2D eigenvalue weighted by molar-refractivity contribution is 7.07. The summed E-state index contributed by atoms with van der Waals surface area (Å²) in [6.45, 7) is 2.39. The number of rotatable bonds is 10. The SMILES string of the molecule is COc1cc(COc2nn(C)cc2/C=C/c2cscn2)ccc1OCc1nc(-c2ccco2)oc1C. The molecule has 10 heteroatoms. The summed E-state index contributed by atoms with van der Waals surface area (Å²) in [4.78, 5) is 8.75. The minimum atomic E-state index is 0.227. The van der Waals surface area contributed by atoms with Crippen LogP contribution in [0.25, 0.3) is 23.8 Å². The fourth-order valence-corrected chi connectivity index (χ4v) is 4.00. The number of thiazole rings is 1. The molecule has 0 aliphatic rings. The lowest BCUT2D eigenvalue weighted by Gasteiger charge is -2.12. The van der Waals surface area contributed by atoms with Crippen molar-refractivity contribution < 1.29 is 23.0 Å². The van der Waals surface area contributed by atoms with Crippen LogP contribution in [0.3, 0.4) is 0 Å². The summed E-state index contributed by atoms with van der Waals surface area (Å²) in [7, 11) is 3.46. The highest BCUT2D eigenvalue weighted by Gasteiger charge is 2.15. The van der Waals surface area contributed by atoms with E-state index in [1.165, 1.54) is 0 Å². The molecule has 0 saturated heterocycles. The molecule has 4 heterocycles. The summed E-state index contributed by atoms with van der Waals surface area (Å²) < 4.78 is 30.3. The van der Waals surface area contributed by atoms with Crippen LogP contribution in [0.5, 0.6) is 17.4 Å². The molecule has 0 amide bonds. The van der Waals surface area contributed by atoms with Crippen molar-refractivity contribution in [3.63, 3.8) is 0 Å². The second-order valence-corrected chi connectivity index (χ2v) is 8.59. The Morgan fingerprint density at radius 3 is 2.81 bits per heavy atom. The van der Waals surface area contributed by atoms with E-state index in [-0.39, 0.29) is 6.61 Å². The van der Waals surface area contributed by atoms with E-state index in [0.29, 0.717) is 47.1 Å². The number of aryl methyl sites for hydroxylation is 2. The van der Waals surface area contributed by atoms with Crippen LogP contribution in [0, 0.1) is 6.92 Å². The van der Waals surface area contributed by atoms with Gasteiger partial charge in [0.15, 0.2) is 17.3 Å². The van der Waals surface area contributed by atoms with E-state index in [4.69, 9.17) is 23.0 Å². The summed E-state index contributed by atoms with van der Waals surface area (Å²) in [5.74, 6) is 3.38. The van der Waals surface area contributed by atoms with Crippen molar-refractivity contribution in [1.29, 1.82) is 0 Å². The second kappa shape index (κ2) is 10.5. The number of aromatic nitrogens is 4. The largest absolute Gasteiger partial charge is 0.493 e. The minimum absolute atomic E-state index is 0.227. The van der Waals surface area contributed by atoms with Gasteiger partial charge in [0, 0.05) is 18.6 Å². The number of nitrogens with zero attached hydrogens (tertiary/aromatic N) is 4. The van der Waals surface area contributed by atoms with Crippen molar-refractivity contribution in [2.45, 2.75) is 20.1 Å². The van der Waals surface area contributed by atoms with E-state index < -0.39 is 0 Å². The maximum Gasteiger partial charge on any atom is 0.263 e. The fourth-order valence-electron chi connectivity index (χ4n) is 3.48. The molecule has 36 heavy (non-hydrogen) atoms. The smallest absolute Gasteiger partial charge is 0.263 e. The van der Waals surface area contributed by atoms with Gasteiger partial charge >= 0.3 is 0 Å². The molecular formula is C26H24N4O5S. The third-order valence-electron chi connectivity index (χ3n) is 5.30. The Balaban J connectivity index is 1.24. The zero-order valence-electron chi connectivity index (χ0n) is 20.0. The first kappa shape index (κ1) is 23.4. The minimum Gasteiger partial charge on any atom is -0.493 e. The van der Waals surface area contributed by atoms with Crippen LogP contribution in [0.2, 0.25) is 0 Å². The van der Waals surface area contributed by atoms with Gasteiger partial charge in [-0.1, -0.05) is 6.07 Å². The molecule has 0 radical (unpaired) electrons. The van der Waals surface area contributed by atoms with Crippen LogP contribution in [0.15, 0.2) is 62.5 Å². The van der Waals surface area contributed by atoms with Crippen LogP contribution < -0.4 is 14.2 Å². The average molecular weight is 505 g/mol. The zero-order valence-corrected chi connectivity index (χ0v) is 20.8. The third kappa shape index (κ3) is 5.33. The lowest BCUT2D eigenvalue weighted by molar-refractivity contribution is 0.275. The first-order chi connectivity index (χ1) is 17.6. The lowest BCUT2D eigenvalue weighted by Crippen LogP contribution is -2.02. The fraction of sp³-hybridized carbons (Fsp3) is 0.192. The summed E-state index contributed by atoms with van der Waals surface area (Å²) in [5, 5.41) is 6.40. The lowest BCUT2D eigenvalue weighted by atomic mass is 10.2. The van der Waals surface area contributed by atoms with Gasteiger partial charge in [0.1, 0.15) is 24.7 Å². The van der Waals surface area contributed by atoms with Crippen molar-refractivity contribution in [3.05, 3.63) is 82.0 Å². The number of furan rings is 1. The maximum absolute atomic E-state index is 6.01. The van der Waals surface area contributed by atoms with E-state index in [9.17, 15) is 0 Å². The molecule has 0 aliphatic heterocycles. The van der Waals surface area contributed by atoms with E-state index in [1.807, 2.05) is 55.9 Å². The predicted octanol–water partition coefficient (Wildman–Crippen LogP) is 5.77. The molecular weight excluding hydrogens is 480 g/mol. The van der Waals surface area contributed by atoms with E-state index in [2.05, 4.69) is 15.1 Å². The number of hydrogen-bond acceptors (Lipinski definition) is 9. The number of ether oxygens (including phenoxy) is 3. The topological polar surface area (TPSA) is 97.6 Å². The Labute approximate surface area is 211 Å². The van der Waals surface area contributed by atoms with Crippen molar-refractivity contribution in [1.82, 2.24) is 19.7 Å². The van der Waals surface area contributed by atoms with Crippen molar-refractivity contribution in [2.24, 2.45) is 7.05 Å². The van der Waals surface area contributed by atoms with Gasteiger partial charge in [0.05, 0.1) is 30.1 Å². The van der Waals surface area contributed by atoms with Gasteiger partial charge in [-0.3, -0.25) is 4.68 Å². The Morgan fingerprint density at radius 1 is 1.11 bits per heavy atom. The Morgan fingerprint density at radius 2 is 2.03 bits per heavy atom. The monoisotopic (exact) mass is 504 g/mol. The van der Waals surface area contributed by atoms with E-state index in [0.717, 1.165) is 16.8 Å². The summed E-state index contributed by atoms with van der Waals surface area (Å²) >= 11 is 1.55. The first-order valence-electron chi connectivity index (χ1n) is 11.1. The molecule has 184 valence electrons. The molecule has 9 nitrogen and oxygen atoms in total. The average Bonchev–Trinajstić information content (AvgIpc) is 3.69. The maximum atomic E-state index is 6.01. The Kier molecular flexibility index (Phi) is 6.85. The number of benzene rings is 1. The van der Waals surface area contributed by atoms with E-state index >= 15 is 0 Å². The molecule has 5 aromatic rings. The molecule has 4 aromatic heterocycles. The van der Waals surface area contributed by atoms with Crippen molar-refractivity contribution >= 4 is 23.5 Å². The number of oxazole rings is 1. The predicted molar refractivity (Wildman–Crippen MR) is 135 cm³/mol. The molecule has 0 aliphatic carbocycles.